The third kappa shape index (κ3) is 4.41. The van der Waals surface area contributed by atoms with Crippen molar-refractivity contribution in [3.05, 3.63) is 39.7 Å². The minimum atomic E-state index is -1.09. The van der Waals surface area contributed by atoms with Crippen LogP contribution in [0.3, 0.4) is 0 Å². The van der Waals surface area contributed by atoms with Gasteiger partial charge in [0, 0.05) is 6.07 Å². The lowest BCUT2D eigenvalue weighted by Crippen LogP contribution is -2.46. The molecule has 0 aliphatic rings. The van der Waals surface area contributed by atoms with Crippen LogP contribution in [0.25, 0.3) is 11.0 Å². The fourth-order valence-electron chi connectivity index (χ4n) is 2.73. The molecule has 0 bridgehead atoms. The van der Waals surface area contributed by atoms with Gasteiger partial charge in [-0.1, -0.05) is 20.8 Å². The Labute approximate surface area is 151 Å². The van der Waals surface area contributed by atoms with Gasteiger partial charge in [0.15, 0.2) is 6.61 Å². The third-order valence-corrected chi connectivity index (χ3v) is 4.02. The topological polar surface area (TPSA) is 106 Å². The van der Waals surface area contributed by atoms with E-state index in [1.54, 1.807) is 26.0 Å². The van der Waals surface area contributed by atoms with Gasteiger partial charge in [-0.2, -0.15) is 0 Å². The zero-order valence-electron chi connectivity index (χ0n) is 15.3. The lowest BCUT2D eigenvalue weighted by molar-refractivity contribution is -0.143. The van der Waals surface area contributed by atoms with E-state index in [4.69, 9.17) is 14.3 Å². The van der Waals surface area contributed by atoms with Gasteiger partial charge >= 0.3 is 11.6 Å². The fraction of sp³-hybridized carbons (Fsp3) is 0.421. The second-order valence-electron chi connectivity index (χ2n) is 6.50. The summed E-state index contributed by atoms with van der Waals surface area (Å²) in [6.07, 6.45) is 0.599. The van der Waals surface area contributed by atoms with Crippen LogP contribution in [0.5, 0.6) is 5.75 Å². The number of ether oxygens (including phenoxy) is 1. The highest BCUT2D eigenvalue weighted by molar-refractivity contribution is 5.89. The summed E-state index contributed by atoms with van der Waals surface area (Å²) in [5, 5.41) is 12.2. The molecule has 2 aromatic rings. The maximum Gasteiger partial charge on any atom is 0.336 e. The molecule has 0 saturated heterocycles. The number of aliphatic carboxylic acids is 1. The molecule has 1 aromatic heterocycles. The van der Waals surface area contributed by atoms with Gasteiger partial charge in [0.25, 0.3) is 5.91 Å². The molecule has 1 heterocycles. The predicted octanol–water partition coefficient (Wildman–Crippen LogP) is 2.27. The minimum Gasteiger partial charge on any atom is -0.483 e. The summed E-state index contributed by atoms with van der Waals surface area (Å²) in [5.74, 6) is -1.45. The summed E-state index contributed by atoms with van der Waals surface area (Å²) in [4.78, 5) is 35.0. The van der Waals surface area contributed by atoms with Crippen molar-refractivity contribution in [3.63, 3.8) is 0 Å². The van der Waals surface area contributed by atoms with Gasteiger partial charge in [0.2, 0.25) is 0 Å². The normalized spacial score (nSPS) is 12.2. The van der Waals surface area contributed by atoms with Crippen LogP contribution in [-0.2, 0) is 16.0 Å². The molecule has 0 fully saturated rings. The van der Waals surface area contributed by atoms with Gasteiger partial charge in [0.05, 0.1) is 5.39 Å². The van der Waals surface area contributed by atoms with Crippen molar-refractivity contribution in [3.8, 4) is 5.75 Å². The zero-order valence-corrected chi connectivity index (χ0v) is 15.3. The van der Waals surface area contributed by atoms with E-state index in [2.05, 4.69) is 5.32 Å². The van der Waals surface area contributed by atoms with E-state index < -0.39 is 23.5 Å². The molecule has 140 valence electrons. The molecular weight excluding hydrogens is 338 g/mol. The number of carbonyl (C=O) groups is 2. The molecule has 2 rings (SSSR count). The van der Waals surface area contributed by atoms with Crippen LogP contribution in [0.2, 0.25) is 0 Å². The summed E-state index contributed by atoms with van der Waals surface area (Å²) < 4.78 is 10.9. The smallest absolute Gasteiger partial charge is 0.336 e. The minimum absolute atomic E-state index is 0.253. The van der Waals surface area contributed by atoms with E-state index in [0.29, 0.717) is 23.1 Å². The van der Waals surface area contributed by atoms with Gasteiger partial charge in [-0.3, -0.25) is 4.79 Å². The van der Waals surface area contributed by atoms with Crippen molar-refractivity contribution in [2.24, 2.45) is 5.92 Å². The third-order valence-electron chi connectivity index (χ3n) is 4.02. The number of benzene rings is 1. The summed E-state index contributed by atoms with van der Waals surface area (Å²) in [7, 11) is 0. The van der Waals surface area contributed by atoms with E-state index in [1.165, 1.54) is 6.07 Å². The lowest BCUT2D eigenvalue weighted by atomic mass is 10.0. The van der Waals surface area contributed by atoms with E-state index in [0.717, 1.165) is 11.1 Å². The monoisotopic (exact) mass is 361 g/mol. The second-order valence-corrected chi connectivity index (χ2v) is 6.50. The van der Waals surface area contributed by atoms with Crippen molar-refractivity contribution < 1.29 is 23.8 Å². The Morgan fingerprint density at radius 2 is 1.96 bits per heavy atom. The first-order chi connectivity index (χ1) is 12.2. The van der Waals surface area contributed by atoms with Crippen LogP contribution in [0.4, 0.5) is 0 Å². The van der Waals surface area contributed by atoms with Crippen LogP contribution < -0.4 is 15.7 Å². The Bertz CT molecular complexity index is 883. The zero-order chi connectivity index (χ0) is 19.4. The first-order valence-electron chi connectivity index (χ1n) is 8.45. The summed E-state index contributed by atoms with van der Waals surface area (Å²) in [6.45, 7) is 6.82. The van der Waals surface area contributed by atoms with Gasteiger partial charge in [-0.15, -0.1) is 0 Å². The van der Waals surface area contributed by atoms with Crippen LogP contribution >= 0.6 is 0 Å². The standard InChI is InChI=1S/C19H23NO6/c1-5-12-8-16(22)26-14-7-11(4)6-13(17(12)14)25-9-15(21)20-18(10(2)3)19(23)24/h6-8,10,18H,5,9H2,1-4H3,(H,20,21)(H,23,24)/t18-/m0/s1. The van der Waals surface area contributed by atoms with Gasteiger partial charge in [0.1, 0.15) is 17.4 Å². The Kier molecular flexibility index (Phi) is 6.02. The Morgan fingerprint density at radius 1 is 1.27 bits per heavy atom. The maximum absolute atomic E-state index is 12.1. The molecule has 1 amide bonds. The average molecular weight is 361 g/mol. The van der Waals surface area contributed by atoms with Crippen LogP contribution in [0, 0.1) is 12.8 Å². The Hall–Kier alpha value is -2.83. The van der Waals surface area contributed by atoms with E-state index >= 15 is 0 Å². The number of amides is 1. The number of carbonyl (C=O) groups excluding carboxylic acids is 1. The molecule has 0 spiro atoms. The van der Waals surface area contributed by atoms with Crippen molar-refractivity contribution in [1.82, 2.24) is 5.32 Å². The largest absolute Gasteiger partial charge is 0.483 e. The molecular formula is C19H23NO6. The van der Waals surface area contributed by atoms with E-state index in [1.807, 2.05) is 13.8 Å². The summed E-state index contributed by atoms with van der Waals surface area (Å²) in [6, 6.07) is 3.92. The highest BCUT2D eigenvalue weighted by atomic mass is 16.5. The first kappa shape index (κ1) is 19.5. The van der Waals surface area contributed by atoms with Crippen LogP contribution in [0.1, 0.15) is 31.9 Å². The number of aryl methyl sites for hydroxylation is 2. The molecule has 26 heavy (non-hydrogen) atoms. The Balaban J connectivity index is 2.27. The van der Waals surface area contributed by atoms with Gasteiger partial charge < -0.3 is 19.6 Å². The van der Waals surface area contributed by atoms with Crippen molar-refractivity contribution in [1.29, 1.82) is 0 Å². The number of hydrogen-bond acceptors (Lipinski definition) is 5. The predicted molar refractivity (Wildman–Crippen MR) is 96.5 cm³/mol. The quantitative estimate of drug-likeness (QED) is 0.733. The van der Waals surface area contributed by atoms with E-state index in [-0.39, 0.29) is 12.5 Å². The highest BCUT2D eigenvalue weighted by Crippen LogP contribution is 2.30. The van der Waals surface area contributed by atoms with Gasteiger partial charge in [-0.25, -0.2) is 9.59 Å². The summed E-state index contributed by atoms with van der Waals surface area (Å²) >= 11 is 0. The van der Waals surface area contributed by atoms with Crippen molar-refractivity contribution in [2.45, 2.75) is 40.2 Å². The molecule has 2 N–H and O–H groups in total. The molecule has 1 aromatic carbocycles. The van der Waals surface area contributed by atoms with Crippen LogP contribution in [0.15, 0.2) is 27.4 Å². The first-order valence-corrected chi connectivity index (χ1v) is 8.45. The Morgan fingerprint density at radius 3 is 2.54 bits per heavy atom. The SMILES string of the molecule is CCc1cc(=O)oc2cc(C)cc(OCC(=O)N[C@H](C(=O)O)C(C)C)c12. The molecule has 0 saturated carbocycles. The lowest BCUT2D eigenvalue weighted by Gasteiger charge is -2.18. The molecule has 7 heteroatoms. The van der Waals surface area contributed by atoms with Gasteiger partial charge in [-0.05, 0) is 42.5 Å². The number of carboxylic acids is 1. The number of hydrogen-bond donors (Lipinski definition) is 2. The fourth-order valence-corrected chi connectivity index (χ4v) is 2.73. The van der Waals surface area contributed by atoms with Crippen molar-refractivity contribution >= 4 is 22.8 Å². The maximum atomic E-state index is 12.1. The van der Waals surface area contributed by atoms with E-state index in [9.17, 15) is 14.4 Å². The molecule has 7 nitrogen and oxygen atoms in total. The second kappa shape index (κ2) is 8.03. The van der Waals surface area contributed by atoms with Crippen molar-refractivity contribution in [2.75, 3.05) is 6.61 Å². The molecule has 1 atom stereocenters. The number of nitrogens with one attached hydrogen (secondary N) is 1. The summed E-state index contributed by atoms with van der Waals surface area (Å²) in [5.41, 5.74) is 1.53. The number of carboxylic acid groups (broad SMARTS) is 1. The number of rotatable bonds is 7. The molecule has 0 radical (unpaired) electrons. The molecule has 0 aliphatic carbocycles. The van der Waals surface area contributed by atoms with Crippen LogP contribution in [-0.4, -0.2) is 29.6 Å². The number of fused-ring (bicyclic) bond motifs is 1. The average Bonchev–Trinajstić information content (AvgIpc) is 2.55. The highest BCUT2D eigenvalue weighted by Gasteiger charge is 2.23. The molecule has 0 unspecified atom stereocenters. The molecule has 0 aliphatic heterocycles.